The number of carbonyl (C=O) groups excluding carboxylic acids is 2. The van der Waals surface area contributed by atoms with Crippen LogP contribution in [-0.2, 0) is 16.1 Å². The van der Waals surface area contributed by atoms with Crippen molar-refractivity contribution in [1.29, 1.82) is 0 Å². The van der Waals surface area contributed by atoms with Gasteiger partial charge in [-0.05, 0) is 18.4 Å². The van der Waals surface area contributed by atoms with Gasteiger partial charge in [0, 0.05) is 5.92 Å². The van der Waals surface area contributed by atoms with Crippen molar-refractivity contribution in [3.05, 3.63) is 48.0 Å². The molecule has 0 fully saturated rings. The molecule has 4 nitrogen and oxygen atoms in total. The van der Waals surface area contributed by atoms with Crippen molar-refractivity contribution in [2.45, 2.75) is 25.5 Å². The molecule has 2 atom stereocenters. The van der Waals surface area contributed by atoms with Gasteiger partial charge in [-0.2, -0.15) is 0 Å². The van der Waals surface area contributed by atoms with Crippen molar-refractivity contribution in [1.82, 2.24) is 5.32 Å². The molecule has 0 spiro atoms. The molecule has 2 unspecified atom stereocenters. The smallest absolute Gasteiger partial charge is 0.407 e. The van der Waals surface area contributed by atoms with Gasteiger partial charge in [0.25, 0.3) is 0 Å². The molecule has 1 amide bonds. The summed E-state index contributed by atoms with van der Waals surface area (Å²) in [5, 5.41) is 2.71. The number of carbonyl (C=O) groups is 2. The van der Waals surface area contributed by atoms with Gasteiger partial charge in [0.15, 0.2) is 0 Å². The highest BCUT2D eigenvalue weighted by molar-refractivity contribution is 5.69. The molecule has 0 bridgehead atoms. The van der Waals surface area contributed by atoms with Crippen molar-refractivity contribution in [3.63, 3.8) is 0 Å². The van der Waals surface area contributed by atoms with E-state index in [4.69, 9.17) is 4.74 Å². The summed E-state index contributed by atoms with van der Waals surface area (Å²) in [5.41, 5.74) is 0.934. The minimum atomic E-state index is -0.493. The molecule has 1 N–H and O–H groups in total. The number of benzene rings is 1. The van der Waals surface area contributed by atoms with E-state index in [2.05, 4.69) is 5.32 Å². The third kappa shape index (κ3) is 3.95. The summed E-state index contributed by atoms with van der Waals surface area (Å²) in [5.74, 6) is -0.158. The summed E-state index contributed by atoms with van der Waals surface area (Å²) < 4.78 is 5.12. The van der Waals surface area contributed by atoms with Crippen molar-refractivity contribution in [2.24, 2.45) is 5.92 Å². The van der Waals surface area contributed by atoms with Crippen LogP contribution in [0.5, 0.6) is 0 Å². The molecule has 100 valence electrons. The van der Waals surface area contributed by atoms with Crippen molar-refractivity contribution in [2.75, 3.05) is 0 Å². The van der Waals surface area contributed by atoms with Gasteiger partial charge < -0.3 is 14.8 Å². The first-order chi connectivity index (χ1) is 9.29. The zero-order valence-corrected chi connectivity index (χ0v) is 10.6. The van der Waals surface area contributed by atoms with E-state index in [9.17, 15) is 9.59 Å². The fourth-order valence-corrected chi connectivity index (χ4v) is 2.06. The highest BCUT2D eigenvalue weighted by Gasteiger charge is 2.23. The second-order valence-electron chi connectivity index (χ2n) is 4.54. The molecular weight excluding hydrogens is 242 g/mol. The lowest BCUT2D eigenvalue weighted by atomic mass is 9.91. The first-order valence-electron chi connectivity index (χ1n) is 6.39. The second kappa shape index (κ2) is 6.73. The summed E-state index contributed by atoms with van der Waals surface area (Å²) in [6, 6.07) is 9.22. The molecule has 2 rings (SSSR count). The molecule has 19 heavy (non-hydrogen) atoms. The number of hydrogen-bond acceptors (Lipinski definition) is 3. The second-order valence-corrected chi connectivity index (χ2v) is 4.54. The molecule has 0 saturated heterocycles. The van der Waals surface area contributed by atoms with Gasteiger partial charge in [-0.15, -0.1) is 0 Å². The Hall–Kier alpha value is -2.10. The molecule has 1 aliphatic rings. The lowest BCUT2D eigenvalue weighted by Gasteiger charge is -2.23. The number of amides is 1. The van der Waals surface area contributed by atoms with Gasteiger partial charge in [0.2, 0.25) is 0 Å². The van der Waals surface area contributed by atoms with Crippen molar-refractivity contribution >= 4 is 12.4 Å². The normalized spacial score (nSPS) is 21.7. The minimum absolute atomic E-state index is 0.158. The Labute approximate surface area is 112 Å². The summed E-state index contributed by atoms with van der Waals surface area (Å²) in [6.45, 7) is 0.231. The Bertz CT molecular complexity index is 456. The highest BCUT2D eigenvalue weighted by atomic mass is 16.5. The van der Waals surface area contributed by atoms with Crippen LogP contribution in [0, 0.1) is 5.92 Å². The van der Waals surface area contributed by atoms with E-state index in [-0.39, 0.29) is 18.6 Å². The average molecular weight is 259 g/mol. The Morgan fingerprint density at radius 2 is 2.16 bits per heavy atom. The van der Waals surface area contributed by atoms with Crippen LogP contribution >= 0.6 is 0 Å². The Kier molecular flexibility index (Phi) is 4.72. The number of hydrogen-bond donors (Lipinski definition) is 1. The fraction of sp³-hybridized carbons (Fsp3) is 0.333. The maximum Gasteiger partial charge on any atom is 0.407 e. The molecule has 1 aromatic carbocycles. The minimum Gasteiger partial charge on any atom is -0.445 e. The van der Waals surface area contributed by atoms with E-state index < -0.39 is 6.09 Å². The van der Waals surface area contributed by atoms with Crippen LogP contribution in [0.4, 0.5) is 4.79 Å². The zero-order valence-electron chi connectivity index (χ0n) is 10.6. The largest absolute Gasteiger partial charge is 0.445 e. The van der Waals surface area contributed by atoms with Crippen LogP contribution in [0.25, 0.3) is 0 Å². The fourth-order valence-electron chi connectivity index (χ4n) is 2.06. The van der Waals surface area contributed by atoms with E-state index in [1.54, 1.807) is 0 Å². The molecule has 4 heteroatoms. The maximum atomic E-state index is 11.7. The number of ether oxygens (including phenoxy) is 1. The summed E-state index contributed by atoms with van der Waals surface area (Å²) in [7, 11) is 0. The molecule has 1 aliphatic carbocycles. The molecule has 0 saturated carbocycles. The monoisotopic (exact) mass is 259 g/mol. The molecule has 0 heterocycles. The van der Waals surface area contributed by atoms with E-state index in [0.29, 0.717) is 0 Å². The quantitative estimate of drug-likeness (QED) is 0.667. The maximum absolute atomic E-state index is 11.7. The Morgan fingerprint density at radius 1 is 1.37 bits per heavy atom. The summed E-state index contributed by atoms with van der Waals surface area (Å²) in [4.78, 5) is 22.6. The number of rotatable bonds is 4. The van der Waals surface area contributed by atoms with E-state index in [1.807, 2.05) is 42.5 Å². The van der Waals surface area contributed by atoms with Gasteiger partial charge >= 0.3 is 6.09 Å². The first-order valence-corrected chi connectivity index (χ1v) is 6.39. The molecular formula is C15H17NO3. The van der Waals surface area contributed by atoms with Crippen LogP contribution in [-0.4, -0.2) is 18.4 Å². The number of nitrogens with one attached hydrogen (secondary N) is 1. The topological polar surface area (TPSA) is 55.4 Å². The lowest BCUT2D eigenvalue weighted by Crippen LogP contribution is -2.41. The van der Waals surface area contributed by atoms with Gasteiger partial charge in [0.05, 0.1) is 6.04 Å². The van der Waals surface area contributed by atoms with Crippen LogP contribution in [0.15, 0.2) is 42.5 Å². The predicted octanol–water partition coefficient (Wildman–Crippen LogP) is 2.45. The highest BCUT2D eigenvalue weighted by Crippen LogP contribution is 2.16. The van der Waals surface area contributed by atoms with Gasteiger partial charge in [-0.3, -0.25) is 0 Å². The van der Waals surface area contributed by atoms with Gasteiger partial charge in [0.1, 0.15) is 12.9 Å². The summed E-state index contributed by atoms with van der Waals surface area (Å²) in [6.07, 6.45) is 5.87. The molecule has 0 aromatic heterocycles. The van der Waals surface area contributed by atoms with Crippen molar-refractivity contribution < 1.29 is 14.3 Å². The third-order valence-corrected chi connectivity index (χ3v) is 3.14. The Balaban J connectivity index is 1.82. The lowest BCUT2D eigenvalue weighted by molar-refractivity contribution is -0.111. The van der Waals surface area contributed by atoms with Crippen LogP contribution < -0.4 is 5.32 Å². The van der Waals surface area contributed by atoms with E-state index in [1.165, 1.54) is 0 Å². The standard InChI is InChI=1S/C15H17NO3/c17-10-13-8-4-5-9-14(13)16-15(18)19-11-12-6-2-1-3-7-12/h1-3,5-7,9-10,13-14H,4,8,11H2,(H,16,18). The Morgan fingerprint density at radius 3 is 2.89 bits per heavy atom. The zero-order chi connectivity index (χ0) is 13.5. The van der Waals surface area contributed by atoms with Crippen LogP contribution in [0.2, 0.25) is 0 Å². The van der Waals surface area contributed by atoms with Crippen LogP contribution in [0.1, 0.15) is 18.4 Å². The predicted molar refractivity (Wildman–Crippen MR) is 71.5 cm³/mol. The van der Waals surface area contributed by atoms with E-state index in [0.717, 1.165) is 24.7 Å². The SMILES string of the molecule is O=CC1CCC=CC1NC(=O)OCc1ccccc1. The number of alkyl carbamates (subject to hydrolysis) is 1. The number of allylic oxidation sites excluding steroid dienone is 1. The number of aldehydes is 1. The summed E-state index contributed by atoms with van der Waals surface area (Å²) >= 11 is 0. The third-order valence-electron chi connectivity index (χ3n) is 3.14. The molecule has 0 radical (unpaired) electrons. The van der Waals surface area contributed by atoms with E-state index >= 15 is 0 Å². The first kappa shape index (κ1) is 13.3. The average Bonchev–Trinajstić information content (AvgIpc) is 2.47. The van der Waals surface area contributed by atoms with Crippen LogP contribution in [0.3, 0.4) is 0 Å². The van der Waals surface area contributed by atoms with Crippen molar-refractivity contribution in [3.8, 4) is 0 Å². The van der Waals surface area contributed by atoms with Gasteiger partial charge in [-0.25, -0.2) is 4.79 Å². The molecule has 0 aliphatic heterocycles. The van der Waals surface area contributed by atoms with Gasteiger partial charge in [-0.1, -0.05) is 42.5 Å². The molecule has 1 aromatic rings.